The minimum absolute atomic E-state index is 0.0340. The van der Waals surface area contributed by atoms with E-state index in [1.54, 1.807) is 0 Å². The number of phosphoric ester groups is 1. The topological polar surface area (TPSA) is 161 Å². The SMILES string of the molecule is C[C@@H]1CCCC=CCCCCCCCC[C@@H](O)[C@H](O)[C@H]2O[C@H]2[C@@H](OP(=O)(O)OCCN)CC=CC(=O)O1. The minimum Gasteiger partial charge on any atom is -0.460 e. The monoisotopic (exact) mass is 547 g/mol. The lowest BCUT2D eigenvalue weighted by molar-refractivity contribution is -0.142. The van der Waals surface area contributed by atoms with Gasteiger partial charge in [-0.1, -0.05) is 50.3 Å². The van der Waals surface area contributed by atoms with Crippen molar-refractivity contribution in [1.82, 2.24) is 0 Å². The minimum atomic E-state index is -4.45. The Morgan fingerprint density at radius 3 is 2.41 bits per heavy atom. The average molecular weight is 548 g/mol. The molecule has 0 aromatic rings. The summed E-state index contributed by atoms with van der Waals surface area (Å²) < 4.78 is 33.4. The second-order valence-corrected chi connectivity index (χ2v) is 11.3. The van der Waals surface area contributed by atoms with Gasteiger partial charge in [0, 0.05) is 12.6 Å². The van der Waals surface area contributed by atoms with E-state index >= 15 is 0 Å². The molecule has 214 valence electrons. The second kappa shape index (κ2) is 17.5. The third kappa shape index (κ3) is 13.5. The van der Waals surface area contributed by atoms with Gasteiger partial charge in [0.05, 0.1) is 18.8 Å². The van der Waals surface area contributed by atoms with Gasteiger partial charge in [-0.15, -0.1) is 0 Å². The van der Waals surface area contributed by atoms with Crippen molar-refractivity contribution >= 4 is 13.8 Å². The molecule has 0 saturated carbocycles. The number of aliphatic hydroxyl groups excluding tert-OH is 2. The van der Waals surface area contributed by atoms with Crippen LogP contribution in [0.15, 0.2) is 24.3 Å². The predicted octanol–water partition coefficient (Wildman–Crippen LogP) is 3.68. The highest BCUT2D eigenvalue weighted by Crippen LogP contribution is 2.48. The van der Waals surface area contributed by atoms with Crippen molar-refractivity contribution in [2.24, 2.45) is 5.73 Å². The summed E-state index contributed by atoms with van der Waals surface area (Å²) in [5, 5.41) is 21.0. The maximum absolute atomic E-state index is 12.3. The summed E-state index contributed by atoms with van der Waals surface area (Å²) in [4.78, 5) is 22.2. The van der Waals surface area contributed by atoms with E-state index in [4.69, 9.17) is 24.3 Å². The van der Waals surface area contributed by atoms with Gasteiger partial charge in [0.15, 0.2) is 0 Å². The lowest BCUT2D eigenvalue weighted by Gasteiger charge is -2.20. The van der Waals surface area contributed by atoms with E-state index in [9.17, 15) is 24.5 Å². The van der Waals surface area contributed by atoms with Gasteiger partial charge in [-0.2, -0.15) is 0 Å². The zero-order valence-corrected chi connectivity index (χ0v) is 22.9. The fourth-order valence-electron chi connectivity index (χ4n) is 4.38. The van der Waals surface area contributed by atoms with Crippen molar-refractivity contribution in [1.29, 1.82) is 0 Å². The van der Waals surface area contributed by atoms with Crippen LogP contribution in [-0.4, -0.2) is 70.9 Å². The molecule has 0 aromatic carbocycles. The van der Waals surface area contributed by atoms with Gasteiger partial charge in [0.25, 0.3) is 0 Å². The lowest BCUT2D eigenvalue weighted by Crippen LogP contribution is -2.34. The van der Waals surface area contributed by atoms with Gasteiger partial charge in [-0.25, -0.2) is 9.36 Å². The van der Waals surface area contributed by atoms with Gasteiger partial charge in [-0.3, -0.25) is 9.05 Å². The lowest BCUT2D eigenvalue weighted by atomic mass is 9.99. The number of carbonyl (C=O) groups excluding carboxylic acids is 1. The number of carbonyl (C=O) groups is 1. The van der Waals surface area contributed by atoms with Crippen LogP contribution in [0.4, 0.5) is 0 Å². The second-order valence-electron chi connectivity index (χ2n) is 9.84. The van der Waals surface area contributed by atoms with Gasteiger partial charge in [0.2, 0.25) is 0 Å². The number of phosphoric acid groups is 1. The predicted molar refractivity (Wildman–Crippen MR) is 140 cm³/mol. The Morgan fingerprint density at radius 2 is 1.68 bits per heavy atom. The van der Waals surface area contributed by atoms with E-state index in [1.165, 1.54) is 18.6 Å². The van der Waals surface area contributed by atoms with E-state index in [0.717, 1.165) is 57.8 Å². The third-order valence-electron chi connectivity index (χ3n) is 6.51. The number of hydrogen-bond donors (Lipinski definition) is 4. The number of aliphatic hydroxyl groups is 2. The molecule has 1 saturated heterocycles. The van der Waals surface area contributed by atoms with Gasteiger partial charge in [-0.05, 0) is 51.9 Å². The number of rotatable bonds is 5. The Morgan fingerprint density at radius 1 is 1.00 bits per heavy atom. The van der Waals surface area contributed by atoms with Gasteiger partial charge < -0.3 is 30.3 Å². The Bertz CT molecular complexity index is 762. The largest absolute Gasteiger partial charge is 0.472 e. The standard InChI is InChI=1S/C26H46NO9P/c1-20-14-11-9-7-5-3-2-4-6-8-10-12-15-21(28)24(30)26-25(35-26)22(16-13-17-23(29)34-20)36-37(31,32)33-19-18-27/h5,7,13,17,20-22,24-26,28,30H,2-4,6,8-12,14-16,18-19,27H2,1H3,(H,31,32)/t20-,21-,22+,24+,25+,26-/m1/s1. The number of ether oxygens (including phenoxy) is 2. The molecule has 1 unspecified atom stereocenters. The summed E-state index contributed by atoms with van der Waals surface area (Å²) in [5.74, 6) is -0.522. The fraction of sp³-hybridized carbons (Fsp3) is 0.808. The van der Waals surface area contributed by atoms with Crippen molar-refractivity contribution in [3.05, 3.63) is 24.3 Å². The van der Waals surface area contributed by atoms with Gasteiger partial charge in [0.1, 0.15) is 24.4 Å². The number of epoxide rings is 1. The van der Waals surface area contributed by atoms with Crippen LogP contribution in [0.5, 0.6) is 0 Å². The maximum Gasteiger partial charge on any atom is 0.472 e. The van der Waals surface area contributed by atoms with Crippen LogP contribution in [0.3, 0.4) is 0 Å². The molecular weight excluding hydrogens is 501 g/mol. The van der Waals surface area contributed by atoms with Crippen molar-refractivity contribution in [3.8, 4) is 0 Å². The number of cyclic esters (lactones) is 1. The van der Waals surface area contributed by atoms with Crippen LogP contribution in [0, 0.1) is 0 Å². The molecule has 0 spiro atoms. The highest BCUT2D eigenvalue weighted by Gasteiger charge is 2.52. The first kappa shape index (κ1) is 32.1. The van der Waals surface area contributed by atoms with E-state index in [0.29, 0.717) is 6.42 Å². The Balaban J connectivity index is 2.02. The van der Waals surface area contributed by atoms with Crippen LogP contribution in [0.1, 0.15) is 84.0 Å². The number of hydrogen-bond acceptors (Lipinski definition) is 9. The summed E-state index contributed by atoms with van der Waals surface area (Å²) in [6.07, 6.45) is 12.7. The molecule has 2 rings (SSSR count). The maximum atomic E-state index is 12.3. The van der Waals surface area contributed by atoms with E-state index in [1.807, 2.05) is 6.92 Å². The molecule has 7 atom stereocenters. The van der Waals surface area contributed by atoms with E-state index in [-0.39, 0.29) is 25.7 Å². The smallest absolute Gasteiger partial charge is 0.460 e. The molecule has 0 bridgehead atoms. The van der Waals surface area contributed by atoms with Crippen molar-refractivity contribution in [2.45, 2.75) is 121 Å². The molecule has 11 heteroatoms. The Kier molecular flexibility index (Phi) is 15.2. The highest BCUT2D eigenvalue weighted by molar-refractivity contribution is 7.47. The summed E-state index contributed by atoms with van der Waals surface area (Å²) in [5.41, 5.74) is 5.34. The van der Waals surface area contributed by atoms with Crippen LogP contribution >= 0.6 is 7.82 Å². The molecule has 37 heavy (non-hydrogen) atoms. The first-order valence-corrected chi connectivity index (χ1v) is 15.1. The molecule has 5 N–H and O–H groups in total. The summed E-state index contributed by atoms with van der Waals surface area (Å²) in [6, 6.07) is 0. The number of allylic oxidation sites excluding steroid dienone is 2. The van der Waals surface area contributed by atoms with Crippen LogP contribution in [-0.2, 0) is 27.9 Å². The van der Waals surface area contributed by atoms with Crippen LogP contribution in [0.25, 0.3) is 0 Å². The Hall–Kier alpha value is -1.10. The molecule has 0 aliphatic carbocycles. The number of nitrogens with two attached hydrogens (primary N) is 1. The quantitative estimate of drug-likeness (QED) is 0.173. The van der Waals surface area contributed by atoms with E-state index < -0.39 is 44.3 Å². The van der Waals surface area contributed by atoms with Crippen LogP contribution in [0.2, 0.25) is 0 Å². The Labute approximate surface area is 220 Å². The summed E-state index contributed by atoms with van der Waals surface area (Å²) in [6.45, 7) is 1.70. The van der Waals surface area contributed by atoms with Crippen molar-refractivity contribution < 1.29 is 43.0 Å². The first-order chi connectivity index (χ1) is 17.7. The van der Waals surface area contributed by atoms with Crippen molar-refractivity contribution in [3.63, 3.8) is 0 Å². The summed E-state index contributed by atoms with van der Waals surface area (Å²) >= 11 is 0. The van der Waals surface area contributed by atoms with Gasteiger partial charge >= 0.3 is 13.8 Å². The third-order valence-corrected chi connectivity index (χ3v) is 7.55. The molecule has 2 heterocycles. The van der Waals surface area contributed by atoms with Crippen LogP contribution < -0.4 is 5.73 Å². The normalized spacial score (nSPS) is 33.5. The highest BCUT2D eigenvalue weighted by atomic mass is 31.2. The number of esters is 1. The first-order valence-electron chi connectivity index (χ1n) is 13.6. The number of fused-ring (bicyclic) bond motifs is 1. The van der Waals surface area contributed by atoms with Crippen molar-refractivity contribution in [2.75, 3.05) is 13.2 Å². The fourth-order valence-corrected chi connectivity index (χ4v) is 5.33. The molecule has 0 amide bonds. The molecule has 0 aromatic heterocycles. The molecule has 1 fully saturated rings. The average Bonchev–Trinajstić information content (AvgIpc) is 3.64. The molecule has 2 aliphatic heterocycles. The molecule has 0 radical (unpaired) electrons. The molecular formula is C26H46NO9P. The zero-order chi connectivity index (χ0) is 27.1. The van der Waals surface area contributed by atoms with E-state index in [2.05, 4.69) is 12.2 Å². The molecule has 10 nitrogen and oxygen atoms in total. The summed E-state index contributed by atoms with van der Waals surface area (Å²) in [7, 11) is -4.45. The molecule has 2 aliphatic rings. The zero-order valence-electron chi connectivity index (χ0n) is 22.0.